The van der Waals surface area contributed by atoms with E-state index in [2.05, 4.69) is 20.3 Å². The van der Waals surface area contributed by atoms with E-state index in [1.807, 2.05) is 6.20 Å². The molecule has 78 valence electrons. The molecule has 1 N–H and O–H groups in total. The number of hydrogen-bond acceptors (Lipinski definition) is 4. The summed E-state index contributed by atoms with van der Waals surface area (Å²) < 4.78 is 5.28. The van der Waals surface area contributed by atoms with Crippen LogP contribution < -0.4 is 0 Å². The third-order valence-electron chi connectivity index (χ3n) is 2.48. The lowest BCUT2D eigenvalue weighted by atomic mass is 10.2. The van der Waals surface area contributed by atoms with Gasteiger partial charge in [0, 0.05) is 19.3 Å². The highest BCUT2D eigenvalue weighted by molar-refractivity contribution is 4.90. The Bertz CT molecular complexity index is 243. The van der Waals surface area contributed by atoms with Gasteiger partial charge in [0.2, 0.25) is 0 Å². The monoisotopic (exact) mass is 196 g/mol. The molecule has 0 amide bonds. The summed E-state index contributed by atoms with van der Waals surface area (Å²) in [6, 6.07) is 0. The molecule has 0 bridgehead atoms. The number of aryl methyl sites for hydroxylation is 1. The van der Waals surface area contributed by atoms with Gasteiger partial charge in [-0.3, -0.25) is 10.00 Å². The third-order valence-corrected chi connectivity index (χ3v) is 2.48. The van der Waals surface area contributed by atoms with Crippen molar-refractivity contribution in [3.8, 4) is 0 Å². The van der Waals surface area contributed by atoms with Gasteiger partial charge in [-0.25, -0.2) is 0 Å². The molecule has 0 saturated carbocycles. The second-order valence-corrected chi connectivity index (χ2v) is 3.52. The molecular formula is C9H16N4O. The first-order valence-corrected chi connectivity index (χ1v) is 5.10. The molecule has 1 saturated heterocycles. The maximum absolute atomic E-state index is 5.28. The molecule has 5 nitrogen and oxygen atoms in total. The third kappa shape index (κ3) is 2.78. The highest BCUT2D eigenvalue weighted by Crippen LogP contribution is 2.01. The average Bonchev–Trinajstić information content (AvgIpc) is 2.72. The van der Waals surface area contributed by atoms with Gasteiger partial charge in [-0.2, -0.15) is 0 Å². The van der Waals surface area contributed by atoms with Crippen molar-refractivity contribution in [1.82, 2.24) is 20.3 Å². The summed E-state index contributed by atoms with van der Waals surface area (Å²) in [6.45, 7) is 5.03. The highest BCUT2D eigenvalue weighted by atomic mass is 16.5. The van der Waals surface area contributed by atoms with Crippen molar-refractivity contribution in [3.05, 3.63) is 11.9 Å². The predicted octanol–water partition coefficient (Wildman–Crippen LogP) is 0.0695. The lowest BCUT2D eigenvalue weighted by Gasteiger charge is -2.26. The van der Waals surface area contributed by atoms with E-state index >= 15 is 0 Å². The van der Waals surface area contributed by atoms with Gasteiger partial charge in [-0.05, 0) is 19.4 Å². The van der Waals surface area contributed by atoms with Gasteiger partial charge in [-0.15, -0.1) is 5.10 Å². The topological polar surface area (TPSA) is 54.0 Å². The van der Waals surface area contributed by atoms with E-state index in [0.717, 1.165) is 51.4 Å². The lowest BCUT2D eigenvalue weighted by Crippen LogP contribution is -2.36. The summed E-state index contributed by atoms with van der Waals surface area (Å²) in [5.74, 6) is 0. The van der Waals surface area contributed by atoms with Crippen molar-refractivity contribution in [2.75, 3.05) is 32.8 Å². The summed E-state index contributed by atoms with van der Waals surface area (Å²) in [5.41, 5.74) is 1.05. The number of hydrogen-bond donors (Lipinski definition) is 1. The van der Waals surface area contributed by atoms with Crippen LogP contribution in [-0.2, 0) is 11.2 Å². The summed E-state index contributed by atoms with van der Waals surface area (Å²) in [5, 5.41) is 10.4. The fourth-order valence-corrected chi connectivity index (χ4v) is 1.66. The van der Waals surface area contributed by atoms with Crippen molar-refractivity contribution in [3.63, 3.8) is 0 Å². The number of H-pyrrole nitrogens is 1. The highest BCUT2D eigenvalue weighted by Gasteiger charge is 2.09. The van der Waals surface area contributed by atoms with Crippen molar-refractivity contribution in [1.29, 1.82) is 0 Å². The fourth-order valence-electron chi connectivity index (χ4n) is 1.66. The number of nitrogens with zero attached hydrogens (tertiary/aromatic N) is 3. The second kappa shape index (κ2) is 5.07. The Morgan fingerprint density at radius 2 is 2.29 bits per heavy atom. The quantitative estimate of drug-likeness (QED) is 0.740. The van der Waals surface area contributed by atoms with E-state index in [9.17, 15) is 0 Å². The zero-order valence-electron chi connectivity index (χ0n) is 8.28. The molecule has 2 rings (SSSR count). The van der Waals surface area contributed by atoms with Crippen LogP contribution in [0.2, 0.25) is 0 Å². The predicted molar refractivity (Wildman–Crippen MR) is 52.0 cm³/mol. The maximum atomic E-state index is 5.28. The Hall–Kier alpha value is -0.940. The van der Waals surface area contributed by atoms with Crippen LogP contribution in [0.25, 0.3) is 0 Å². The molecule has 1 aliphatic rings. The van der Waals surface area contributed by atoms with E-state index in [1.165, 1.54) is 0 Å². The average molecular weight is 196 g/mol. The molecule has 14 heavy (non-hydrogen) atoms. The van der Waals surface area contributed by atoms with Gasteiger partial charge in [0.05, 0.1) is 18.9 Å². The van der Waals surface area contributed by atoms with Crippen LogP contribution >= 0.6 is 0 Å². The first-order valence-electron chi connectivity index (χ1n) is 5.10. The maximum Gasteiger partial charge on any atom is 0.0824 e. The van der Waals surface area contributed by atoms with Crippen LogP contribution in [0, 0.1) is 0 Å². The summed E-state index contributed by atoms with van der Waals surface area (Å²) in [7, 11) is 0. The lowest BCUT2D eigenvalue weighted by molar-refractivity contribution is 0.0374. The van der Waals surface area contributed by atoms with E-state index in [-0.39, 0.29) is 0 Å². The Kier molecular flexibility index (Phi) is 3.48. The van der Waals surface area contributed by atoms with Crippen molar-refractivity contribution >= 4 is 0 Å². The van der Waals surface area contributed by atoms with Crippen LogP contribution in [0.4, 0.5) is 0 Å². The summed E-state index contributed by atoms with van der Waals surface area (Å²) >= 11 is 0. The number of rotatable bonds is 4. The molecule has 0 unspecified atom stereocenters. The molecule has 1 aromatic rings. The minimum absolute atomic E-state index is 0.879. The normalized spacial score (nSPS) is 18.6. The SMILES string of the molecule is c1[nH]nnc1CCCN1CCOCC1. The van der Waals surface area contributed by atoms with Crippen molar-refractivity contribution < 1.29 is 4.74 Å². The van der Waals surface area contributed by atoms with Crippen LogP contribution in [0.15, 0.2) is 6.20 Å². The molecule has 0 radical (unpaired) electrons. The summed E-state index contributed by atoms with van der Waals surface area (Å²) in [6.07, 6.45) is 4.01. The van der Waals surface area contributed by atoms with E-state index in [1.54, 1.807) is 0 Å². The molecule has 1 fully saturated rings. The van der Waals surface area contributed by atoms with Crippen LogP contribution in [0.3, 0.4) is 0 Å². The van der Waals surface area contributed by atoms with Gasteiger partial charge in [-0.1, -0.05) is 5.21 Å². The van der Waals surface area contributed by atoms with Gasteiger partial charge in [0.1, 0.15) is 0 Å². The van der Waals surface area contributed by atoms with E-state index in [0.29, 0.717) is 0 Å². The number of nitrogens with one attached hydrogen (secondary N) is 1. The number of aromatic nitrogens is 3. The van der Waals surface area contributed by atoms with Crippen LogP contribution in [0.5, 0.6) is 0 Å². The Balaban J connectivity index is 1.62. The number of morpholine rings is 1. The second-order valence-electron chi connectivity index (χ2n) is 3.52. The van der Waals surface area contributed by atoms with Crippen molar-refractivity contribution in [2.24, 2.45) is 0 Å². The largest absolute Gasteiger partial charge is 0.379 e. The molecule has 0 atom stereocenters. The minimum Gasteiger partial charge on any atom is -0.379 e. The molecule has 2 heterocycles. The van der Waals surface area contributed by atoms with Crippen LogP contribution in [0.1, 0.15) is 12.1 Å². The first kappa shape index (κ1) is 9.61. The van der Waals surface area contributed by atoms with Gasteiger partial charge < -0.3 is 4.74 Å². The first-order chi connectivity index (χ1) is 6.95. The molecule has 1 aliphatic heterocycles. The van der Waals surface area contributed by atoms with E-state index in [4.69, 9.17) is 4.74 Å². The van der Waals surface area contributed by atoms with Crippen LogP contribution in [-0.4, -0.2) is 53.2 Å². The minimum atomic E-state index is 0.879. The zero-order chi connectivity index (χ0) is 9.64. The smallest absolute Gasteiger partial charge is 0.0824 e. The van der Waals surface area contributed by atoms with Gasteiger partial charge >= 0.3 is 0 Å². The number of aromatic amines is 1. The van der Waals surface area contributed by atoms with E-state index < -0.39 is 0 Å². The molecule has 0 aliphatic carbocycles. The van der Waals surface area contributed by atoms with Gasteiger partial charge in [0.25, 0.3) is 0 Å². The number of ether oxygens (including phenoxy) is 1. The van der Waals surface area contributed by atoms with Gasteiger partial charge in [0.15, 0.2) is 0 Å². The fraction of sp³-hybridized carbons (Fsp3) is 0.778. The molecule has 5 heteroatoms. The van der Waals surface area contributed by atoms with Crippen molar-refractivity contribution in [2.45, 2.75) is 12.8 Å². The standard InChI is InChI=1S/C9H16N4O/c1(2-9-8-10-12-11-9)3-13-4-6-14-7-5-13/h8H,1-7H2,(H,10,11,12). The Morgan fingerprint density at radius 3 is 3.00 bits per heavy atom. The zero-order valence-corrected chi connectivity index (χ0v) is 8.28. The molecule has 0 aromatic carbocycles. The summed E-state index contributed by atoms with van der Waals surface area (Å²) in [4.78, 5) is 2.43. The molecule has 0 spiro atoms. The molecular weight excluding hydrogens is 180 g/mol. The Labute approximate surface area is 83.4 Å². The molecule has 1 aromatic heterocycles. The Morgan fingerprint density at radius 1 is 1.43 bits per heavy atom.